The molecule has 0 aromatic rings. The molecule has 2 N–H and O–H groups in total. The summed E-state index contributed by atoms with van der Waals surface area (Å²) < 4.78 is 6.37. The Morgan fingerprint density at radius 3 is 2.33 bits per heavy atom. The average molecular weight is 254 g/mol. The van der Waals surface area contributed by atoms with Gasteiger partial charge in [-0.3, -0.25) is 0 Å². The van der Waals surface area contributed by atoms with Crippen LogP contribution in [-0.4, -0.2) is 33.6 Å². The van der Waals surface area contributed by atoms with Gasteiger partial charge < -0.3 is 14.9 Å². The quantitative estimate of drug-likeness (QED) is 0.695. The van der Waals surface area contributed by atoms with Gasteiger partial charge in [-0.1, -0.05) is 6.92 Å². The number of hydrogen-bond donors (Lipinski definition) is 2. The summed E-state index contributed by atoms with van der Waals surface area (Å²) in [5.41, 5.74) is -0.652. The molecule has 0 aromatic carbocycles. The van der Waals surface area contributed by atoms with Gasteiger partial charge in [-0.05, 0) is 45.4 Å². The van der Waals surface area contributed by atoms with E-state index in [1.165, 1.54) is 0 Å². The fourth-order valence-electron chi connectivity index (χ4n) is 5.26. The minimum absolute atomic E-state index is 0.189. The van der Waals surface area contributed by atoms with Gasteiger partial charge in [-0.15, -0.1) is 0 Å². The van der Waals surface area contributed by atoms with Crippen LogP contribution in [0.3, 0.4) is 0 Å². The molecule has 2 heterocycles. The molecule has 2 aliphatic carbocycles. The van der Waals surface area contributed by atoms with E-state index in [2.05, 4.69) is 27.7 Å². The van der Waals surface area contributed by atoms with Crippen molar-refractivity contribution in [1.29, 1.82) is 0 Å². The second kappa shape index (κ2) is 3.71. The highest BCUT2D eigenvalue weighted by Crippen LogP contribution is 2.58. The molecule has 3 nitrogen and oxygen atoms in total. The van der Waals surface area contributed by atoms with E-state index in [4.69, 9.17) is 4.74 Å². The monoisotopic (exact) mass is 254 g/mol. The van der Waals surface area contributed by atoms with E-state index in [9.17, 15) is 10.2 Å². The molecule has 2 saturated heterocycles. The van der Waals surface area contributed by atoms with Crippen molar-refractivity contribution in [2.24, 2.45) is 23.7 Å². The Hall–Kier alpha value is -0.120. The van der Waals surface area contributed by atoms with Gasteiger partial charge in [0.2, 0.25) is 0 Å². The lowest BCUT2D eigenvalue weighted by molar-refractivity contribution is -0.238. The largest absolute Gasteiger partial charge is 0.393 e. The van der Waals surface area contributed by atoms with Crippen molar-refractivity contribution < 1.29 is 14.9 Å². The number of rotatable bonds is 0. The molecule has 0 amide bonds. The lowest BCUT2D eigenvalue weighted by Gasteiger charge is -2.50. The number of aliphatic hydroxyl groups is 2. The standard InChI is InChI=1S/C15H26O3/c1-8-5-11(16)13-9(8)6-10-12(17)7-15(13,4)18-14(10,2)3/h8-13,16-17H,5-7H2,1-4H3/t8-,9-,10-,11-,12+,13+,15-/m1/s1. The maximum absolute atomic E-state index is 10.4. The third-order valence-electron chi connectivity index (χ3n) is 5.92. The van der Waals surface area contributed by atoms with Crippen LogP contribution in [0.2, 0.25) is 0 Å². The minimum Gasteiger partial charge on any atom is -0.393 e. The summed E-state index contributed by atoms with van der Waals surface area (Å²) in [5, 5.41) is 20.8. The lowest BCUT2D eigenvalue weighted by Crippen LogP contribution is -2.56. The molecule has 4 fully saturated rings. The van der Waals surface area contributed by atoms with E-state index in [0.29, 0.717) is 18.3 Å². The van der Waals surface area contributed by atoms with Gasteiger partial charge in [0.15, 0.2) is 0 Å². The molecule has 7 atom stereocenters. The fraction of sp³-hybridized carbons (Fsp3) is 1.00. The summed E-state index contributed by atoms with van der Waals surface area (Å²) in [4.78, 5) is 0. The maximum Gasteiger partial charge on any atom is 0.0742 e. The lowest BCUT2D eigenvalue weighted by atomic mass is 9.76. The van der Waals surface area contributed by atoms with Crippen molar-refractivity contribution in [2.45, 2.75) is 70.4 Å². The number of ether oxygens (including phenoxy) is 1. The zero-order valence-corrected chi connectivity index (χ0v) is 11.9. The first-order chi connectivity index (χ1) is 8.24. The van der Waals surface area contributed by atoms with E-state index in [1.807, 2.05) is 0 Å². The maximum atomic E-state index is 10.4. The van der Waals surface area contributed by atoms with Crippen LogP contribution in [0.25, 0.3) is 0 Å². The van der Waals surface area contributed by atoms with Crippen LogP contribution >= 0.6 is 0 Å². The Kier molecular flexibility index (Phi) is 2.66. The molecule has 2 bridgehead atoms. The second-order valence-corrected chi connectivity index (χ2v) is 7.60. The van der Waals surface area contributed by atoms with E-state index < -0.39 is 0 Å². The first kappa shape index (κ1) is 12.9. The van der Waals surface area contributed by atoms with Gasteiger partial charge in [0.05, 0.1) is 23.4 Å². The molecule has 4 aliphatic rings. The van der Waals surface area contributed by atoms with Crippen molar-refractivity contribution in [3.05, 3.63) is 0 Å². The van der Waals surface area contributed by atoms with E-state index in [-0.39, 0.29) is 35.2 Å². The highest BCUT2D eigenvalue weighted by atomic mass is 16.5. The van der Waals surface area contributed by atoms with Crippen molar-refractivity contribution in [2.75, 3.05) is 0 Å². The van der Waals surface area contributed by atoms with Gasteiger partial charge in [-0.2, -0.15) is 0 Å². The topological polar surface area (TPSA) is 49.7 Å². The summed E-state index contributed by atoms with van der Waals surface area (Å²) in [6.07, 6.45) is 1.99. The number of fused-ring (bicyclic) bond motifs is 2. The third-order valence-corrected chi connectivity index (χ3v) is 5.92. The normalized spacial score (nSPS) is 58.3. The van der Waals surface area contributed by atoms with Crippen LogP contribution in [0.5, 0.6) is 0 Å². The molecule has 18 heavy (non-hydrogen) atoms. The highest BCUT2D eigenvalue weighted by Gasteiger charge is 2.61. The minimum atomic E-state index is -0.370. The van der Waals surface area contributed by atoms with Gasteiger partial charge in [0, 0.05) is 18.3 Å². The van der Waals surface area contributed by atoms with Crippen LogP contribution in [0, 0.1) is 23.7 Å². The van der Waals surface area contributed by atoms with Crippen molar-refractivity contribution in [3.63, 3.8) is 0 Å². The molecule has 3 heteroatoms. The summed E-state index contributed by atoms with van der Waals surface area (Å²) in [5.74, 6) is 1.42. The Balaban J connectivity index is 2.05. The van der Waals surface area contributed by atoms with Crippen LogP contribution in [0.4, 0.5) is 0 Å². The van der Waals surface area contributed by atoms with Crippen LogP contribution in [0.15, 0.2) is 0 Å². The fourth-order valence-corrected chi connectivity index (χ4v) is 5.26. The molecular weight excluding hydrogens is 228 g/mol. The molecule has 2 saturated carbocycles. The molecule has 0 radical (unpaired) electrons. The summed E-state index contributed by atoms with van der Waals surface area (Å²) in [6, 6.07) is 0. The van der Waals surface area contributed by atoms with Crippen LogP contribution in [0.1, 0.15) is 47.0 Å². The first-order valence-corrected chi connectivity index (χ1v) is 7.31. The SMILES string of the molecule is C[C@@H]1C[C@@H](O)[C@@H]2[C@@H]1C[C@@H]1[C@@H](O)C[C@@]2(C)OC1(C)C. The summed E-state index contributed by atoms with van der Waals surface area (Å²) in [7, 11) is 0. The molecule has 104 valence electrons. The van der Waals surface area contributed by atoms with Crippen LogP contribution in [-0.2, 0) is 4.74 Å². The average Bonchev–Trinajstić information content (AvgIpc) is 2.35. The smallest absolute Gasteiger partial charge is 0.0742 e. The Morgan fingerprint density at radius 2 is 1.72 bits per heavy atom. The first-order valence-electron chi connectivity index (χ1n) is 7.31. The van der Waals surface area contributed by atoms with Crippen molar-refractivity contribution in [1.82, 2.24) is 0 Å². The van der Waals surface area contributed by atoms with E-state index >= 15 is 0 Å². The van der Waals surface area contributed by atoms with Gasteiger partial charge >= 0.3 is 0 Å². The molecule has 2 aliphatic heterocycles. The zero-order chi connectivity index (χ0) is 13.3. The molecule has 4 rings (SSSR count). The van der Waals surface area contributed by atoms with Gasteiger partial charge in [0.25, 0.3) is 0 Å². The van der Waals surface area contributed by atoms with E-state index in [1.54, 1.807) is 0 Å². The third kappa shape index (κ3) is 1.60. The zero-order valence-electron chi connectivity index (χ0n) is 11.9. The van der Waals surface area contributed by atoms with Crippen molar-refractivity contribution in [3.8, 4) is 0 Å². The molecule has 0 aromatic heterocycles. The highest BCUT2D eigenvalue weighted by molar-refractivity contribution is 5.10. The van der Waals surface area contributed by atoms with Gasteiger partial charge in [-0.25, -0.2) is 0 Å². The number of hydrogen-bond acceptors (Lipinski definition) is 3. The molecule has 0 spiro atoms. The summed E-state index contributed by atoms with van der Waals surface area (Å²) in [6.45, 7) is 8.52. The predicted octanol–water partition coefficient (Wildman–Crippen LogP) is 1.96. The molecular formula is C15H26O3. The van der Waals surface area contributed by atoms with Crippen molar-refractivity contribution >= 4 is 0 Å². The van der Waals surface area contributed by atoms with Gasteiger partial charge in [0.1, 0.15) is 0 Å². The van der Waals surface area contributed by atoms with E-state index in [0.717, 1.165) is 12.8 Å². The van der Waals surface area contributed by atoms with Crippen LogP contribution < -0.4 is 0 Å². The Labute approximate surface area is 110 Å². The summed E-state index contributed by atoms with van der Waals surface area (Å²) >= 11 is 0. The molecule has 0 unspecified atom stereocenters. The Morgan fingerprint density at radius 1 is 1.06 bits per heavy atom. The number of aliphatic hydroxyl groups excluding tert-OH is 2. The predicted molar refractivity (Wildman–Crippen MR) is 69.1 cm³/mol. The Bertz CT molecular complexity index is 354. The second-order valence-electron chi connectivity index (χ2n) is 7.60.